The van der Waals surface area contributed by atoms with Crippen LogP contribution in [0.3, 0.4) is 0 Å². The van der Waals surface area contributed by atoms with Gasteiger partial charge < -0.3 is 11.1 Å². The highest BCUT2D eigenvalue weighted by molar-refractivity contribution is 6.30. The number of nitriles is 1. The Hall–Kier alpha value is -2.25. The lowest BCUT2D eigenvalue weighted by Crippen LogP contribution is -1.95. The lowest BCUT2D eigenvalue weighted by molar-refractivity contribution is 0.629. The highest BCUT2D eigenvalue weighted by atomic mass is 35.5. The average molecular weight is 262 g/mol. The Kier molecular flexibility index (Phi) is 3.35. The molecule has 2 aromatic carbocycles. The lowest BCUT2D eigenvalue weighted by atomic mass is 10.1. The molecule has 0 saturated heterocycles. The number of benzene rings is 2. The minimum Gasteiger partial charge on any atom is -0.398 e. The van der Waals surface area contributed by atoms with Crippen LogP contribution in [0.15, 0.2) is 36.4 Å². The number of halogens is 2. The molecule has 0 saturated carbocycles. The van der Waals surface area contributed by atoms with Crippen LogP contribution < -0.4 is 11.1 Å². The number of hydrogen-bond acceptors (Lipinski definition) is 3. The van der Waals surface area contributed by atoms with Gasteiger partial charge in [-0.2, -0.15) is 5.26 Å². The molecular formula is C13H9ClFN3. The van der Waals surface area contributed by atoms with Crippen molar-refractivity contribution in [2.24, 2.45) is 0 Å². The summed E-state index contributed by atoms with van der Waals surface area (Å²) in [7, 11) is 0. The Morgan fingerprint density at radius 3 is 2.44 bits per heavy atom. The lowest BCUT2D eigenvalue weighted by Gasteiger charge is -2.08. The van der Waals surface area contributed by atoms with Crippen LogP contribution in [0.1, 0.15) is 5.56 Å². The second kappa shape index (κ2) is 4.94. The van der Waals surface area contributed by atoms with Crippen molar-refractivity contribution in [1.29, 1.82) is 5.26 Å². The second-order valence-electron chi connectivity index (χ2n) is 3.67. The Labute approximate surface area is 109 Å². The molecule has 0 aromatic heterocycles. The first-order valence-electron chi connectivity index (χ1n) is 5.12. The highest BCUT2D eigenvalue weighted by Crippen LogP contribution is 2.24. The summed E-state index contributed by atoms with van der Waals surface area (Å²) < 4.78 is 13.2. The van der Waals surface area contributed by atoms with Crippen molar-refractivity contribution in [3.05, 3.63) is 52.8 Å². The van der Waals surface area contributed by atoms with Crippen molar-refractivity contribution in [2.75, 3.05) is 11.1 Å². The van der Waals surface area contributed by atoms with E-state index in [4.69, 9.17) is 22.6 Å². The Morgan fingerprint density at radius 1 is 1.17 bits per heavy atom. The molecule has 0 aliphatic heterocycles. The fraction of sp³-hybridized carbons (Fsp3) is 0. The largest absolute Gasteiger partial charge is 0.398 e. The molecule has 3 N–H and O–H groups in total. The molecule has 90 valence electrons. The van der Waals surface area contributed by atoms with Crippen molar-refractivity contribution in [1.82, 2.24) is 0 Å². The SMILES string of the molecule is N#Cc1ccc(Nc2ccc(Cl)c(F)c2)cc1N. The van der Waals surface area contributed by atoms with Crippen molar-refractivity contribution < 1.29 is 4.39 Å². The molecule has 0 atom stereocenters. The first kappa shape index (κ1) is 12.2. The number of hydrogen-bond donors (Lipinski definition) is 2. The van der Waals surface area contributed by atoms with Crippen molar-refractivity contribution >= 4 is 28.7 Å². The van der Waals surface area contributed by atoms with Gasteiger partial charge in [0, 0.05) is 11.4 Å². The molecule has 0 spiro atoms. The third-order valence-electron chi connectivity index (χ3n) is 2.38. The fourth-order valence-electron chi connectivity index (χ4n) is 1.48. The predicted octanol–water partition coefficient (Wildman–Crippen LogP) is 3.68. The summed E-state index contributed by atoms with van der Waals surface area (Å²) in [4.78, 5) is 0. The maximum Gasteiger partial charge on any atom is 0.143 e. The van der Waals surface area contributed by atoms with Gasteiger partial charge in [0.1, 0.15) is 11.9 Å². The van der Waals surface area contributed by atoms with Gasteiger partial charge in [-0.15, -0.1) is 0 Å². The van der Waals surface area contributed by atoms with E-state index in [0.29, 0.717) is 22.6 Å². The molecule has 0 bridgehead atoms. The highest BCUT2D eigenvalue weighted by Gasteiger charge is 2.03. The zero-order valence-corrected chi connectivity index (χ0v) is 10.0. The molecule has 2 aromatic rings. The molecule has 0 unspecified atom stereocenters. The molecule has 0 aliphatic carbocycles. The molecule has 0 radical (unpaired) electrons. The van der Waals surface area contributed by atoms with Gasteiger partial charge in [0.2, 0.25) is 0 Å². The number of nitrogens with one attached hydrogen (secondary N) is 1. The molecule has 3 nitrogen and oxygen atoms in total. The number of anilines is 3. The maximum absolute atomic E-state index is 13.2. The summed E-state index contributed by atoms with van der Waals surface area (Å²) in [5, 5.41) is 11.8. The summed E-state index contributed by atoms with van der Waals surface area (Å²) in [5.74, 6) is -0.497. The van der Waals surface area contributed by atoms with E-state index in [9.17, 15) is 4.39 Å². The molecule has 5 heteroatoms. The number of nitrogen functional groups attached to an aromatic ring is 1. The molecule has 0 fully saturated rings. The molecule has 0 amide bonds. The number of rotatable bonds is 2. The van der Waals surface area contributed by atoms with Crippen LogP contribution >= 0.6 is 11.6 Å². The molecule has 2 rings (SSSR count). The van der Waals surface area contributed by atoms with E-state index >= 15 is 0 Å². The Bertz CT molecular complexity index is 635. The summed E-state index contributed by atoms with van der Waals surface area (Å²) >= 11 is 5.59. The normalized spacial score (nSPS) is 9.83. The molecule has 0 aliphatic rings. The van der Waals surface area contributed by atoms with Crippen molar-refractivity contribution in [2.45, 2.75) is 0 Å². The molecular weight excluding hydrogens is 253 g/mol. The third-order valence-corrected chi connectivity index (χ3v) is 2.69. The number of nitrogens with zero attached hydrogens (tertiary/aromatic N) is 1. The predicted molar refractivity (Wildman–Crippen MR) is 70.3 cm³/mol. The first-order chi connectivity index (χ1) is 8.60. The topological polar surface area (TPSA) is 61.8 Å². The molecule has 0 heterocycles. The zero-order chi connectivity index (χ0) is 13.1. The maximum atomic E-state index is 13.2. The quantitative estimate of drug-likeness (QED) is 0.811. The van der Waals surface area contributed by atoms with Gasteiger partial charge in [-0.1, -0.05) is 11.6 Å². The minimum absolute atomic E-state index is 0.0693. The van der Waals surface area contributed by atoms with E-state index in [-0.39, 0.29) is 5.02 Å². The van der Waals surface area contributed by atoms with Crippen molar-refractivity contribution in [3.8, 4) is 6.07 Å². The van der Waals surface area contributed by atoms with Gasteiger partial charge >= 0.3 is 0 Å². The van der Waals surface area contributed by atoms with Crippen LogP contribution in [0.25, 0.3) is 0 Å². The second-order valence-corrected chi connectivity index (χ2v) is 4.07. The van der Waals surface area contributed by atoms with E-state index in [0.717, 1.165) is 0 Å². The van der Waals surface area contributed by atoms with Crippen LogP contribution in [0.4, 0.5) is 21.5 Å². The minimum atomic E-state index is -0.497. The standard InChI is InChI=1S/C13H9ClFN3/c14-11-4-3-9(5-12(11)15)18-10-2-1-8(7-16)13(17)6-10/h1-6,18H,17H2. The van der Waals surface area contributed by atoms with Gasteiger partial charge in [-0.3, -0.25) is 0 Å². The van der Waals surface area contributed by atoms with Gasteiger partial charge in [0.05, 0.1) is 16.3 Å². The first-order valence-corrected chi connectivity index (χ1v) is 5.49. The Morgan fingerprint density at radius 2 is 1.83 bits per heavy atom. The van der Waals surface area contributed by atoms with E-state index in [1.807, 2.05) is 6.07 Å². The van der Waals surface area contributed by atoms with Crippen molar-refractivity contribution in [3.63, 3.8) is 0 Å². The number of nitrogens with two attached hydrogens (primary N) is 1. The van der Waals surface area contributed by atoms with E-state index in [2.05, 4.69) is 5.32 Å². The summed E-state index contributed by atoms with van der Waals surface area (Å²) in [6, 6.07) is 11.3. The summed E-state index contributed by atoms with van der Waals surface area (Å²) in [6.45, 7) is 0. The molecule has 18 heavy (non-hydrogen) atoms. The van der Waals surface area contributed by atoms with Crippen LogP contribution in [-0.4, -0.2) is 0 Å². The monoisotopic (exact) mass is 261 g/mol. The smallest absolute Gasteiger partial charge is 0.143 e. The van der Waals surface area contributed by atoms with E-state index in [1.54, 1.807) is 24.3 Å². The van der Waals surface area contributed by atoms with Gasteiger partial charge in [-0.05, 0) is 36.4 Å². The van der Waals surface area contributed by atoms with Gasteiger partial charge in [0.25, 0.3) is 0 Å². The van der Waals surface area contributed by atoms with Crippen LogP contribution in [0, 0.1) is 17.1 Å². The summed E-state index contributed by atoms with van der Waals surface area (Å²) in [5.41, 5.74) is 7.69. The summed E-state index contributed by atoms with van der Waals surface area (Å²) in [6.07, 6.45) is 0. The van der Waals surface area contributed by atoms with Crippen LogP contribution in [-0.2, 0) is 0 Å². The van der Waals surface area contributed by atoms with Gasteiger partial charge in [-0.25, -0.2) is 4.39 Å². The average Bonchev–Trinajstić information content (AvgIpc) is 2.34. The van der Waals surface area contributed by atoms with Gasteiger partial charge in [0.15, 0.2) is 0 Å². The van der Waals surface area contributed by atoms with E-state index < -0.39 is 5.82 Å². The Balaban J connectivity index is 2.26. The van der Waals surface area contributed by atoms with Crippen LogP contribution in [0.5, 0.6) is 0 Å². The van der Waals surface area contributed by atoms with E-state index in [1.165, 1.54) is 12.1 Å². The zero-order valence-electron chi connectivity index (χ0n) is 9.24. The van der Waals surface area contributed by atoms with Crippen LogP contribution in [0.2, 0.25) is 5.02 Å². The third kappa shape index (κ3) is 2.53. The fourth-order valence-corrected chi connectivity index (χ4v) is 1.60.